The minimum absolute atomic E-state index is 0.290. The smallest absolute Gasteiger partial charge is 0.337 e. The summed E-state index contributed by atoms with van der Waals surface area (Å²) in [6.45, 7) is 3.49. The van der Waals surface area contributed by atoms with Gasteiger partial charge in [-0.05, 0) is 30.9 Å². The Bertz CT molecular complexity index is 519. The molecule has 0 aliphatic heterocycles. The maximum atomic E-state index is 11.0. The highest BCUT2D eigenvalue weighted by molar-refractivity contribution is 7.12. The molecule has 2 heterocycles. The van der Waals surface area contributed by atoms with E-state index < -0.39 is 5.97 Å². The Kier molecular flexibility index (Phi) is 1.96. The summed E-state index contributed by atoms with van der Waals surface area (Å²) in [7, 11) is 0. The molecule has 0 unspecified atom stereocenters. The first-order valence-electron chi connectivity index (χ1n) is 4.06. The molecule has 0 spiro atoms. The zero-order valence-corrected chi connectivity index (χ0v) is 8.55. The van der Waals surface area contributed by atoms with Gasteiger partial charge in [0, 0.05) is 5.39 Å². The molecule has 0 saturated carbocycles. The van der Waals surface area contributed by atoms with Gasteiger partial charge in [-0.3, -0.25) is 0 Å². The Morgan fingerprint density at radius 2 is 2.21 bits per heavy atom. The molecule has 0 fully saturated rings. The van der Waals surface area contributed by atoms with Crippen molar-refractivity contribution in [3.63, 3.8) is 0 Å². The van der Waals surface area contributed by atoms with Crippen LogP contribution in [0, 0.1) is 13.8 Å². The van der Waals surface area contributed by atoms with E-state index in [4.69, 9.17) is 5.11 Å². The molecule has 2 rings (SSSR count). The standard InChI is InChI=1S/C9H8N2O2S/c1-4-6-3-10-14-8(6)11-5(2)7(4)9(12)13/h3H,1-2H3,(H,12,13). The largest absolute Gasteiger partial charge is 0.478 e. The van der Waals surface area contributed by atoms with E-state index in [0.29, 0.717) is 5.69 Å². The molecular formula is C9H8N2O2S. The first kappa shape index (κ1) is 9.08. The van der Waals surface area contributed by atoms with Crippen LogP contribution in [0.3, 0.4) is 0 Å². The van der Waals surface area contributed by atoms with E-state index in [1.54, 1.807) is 20.0 Å². The third-order valence-corrected chi connectivity index (χ3v) is 2.87. The molecule has 0 aliphatic rings. The van der Waals surface area contributed by atoms with Gasteiger partial charge in [0.25, 0.3) is 0 Å². The number of nitrogens with zero attached hydrogens (tertiary/aromatic N) is 2. The fraction of sp³-hybridized carbons (Fsp3) is 0.222. The van der Waals surface area contributed by atoms with Crippen LogP contribution in [0.4, 0.5) is 0 Å². The molecule has 0 amide bonds. The van der Waals surface area contributed by atoms with E-state index in [2.05, 4.69) is 9.36 Å². The first-order chi connectivity index (χ1) is 6.61. The fourth-order valence-electron chi connectivity index (χ4n) is 1.50. The summed E-state index contributed by atoms with van der Waals surface area (Å²) in [6, 6.07) is 0. The van der Waals surface area contributed by atoms with Gasteiger partial charge in [0.2, 0.25) is 0 Å². The van der Waals surface area contributed by atoms with E-state index in [1.807, 2.05) is 0 Å². The molecule has 0 aliphatic carbocycles. The molecule has 2 aromatic heterocycles. The minimum atomic E-state index is -0.930. The summed E-state index contributed by atoms with van der Waals surface area (Å²) in [4.78, 5) is 15.9. The van der Waals surface area contributed by atoms with Crippen LogP contribution in [0.2, 0.25) is 0 Å². The van der Waals surface area contributed by atoms with Crippen LogP contribution in [-0.4, -0.2) is 20.4 Å². The fourth-order valence-corrected chi connectivity index (χ4v) is 2.24. The van der Waals surface area contributed by atoms with Gasteiger partial charge in [-0.25, -0.2) is 9.78 Å². The SMILES string of the molecule is Cc1nc2sncc2c(C)c1C(=O)O. The molecule has 0 atom stereocenters. The van der Waals surface area contributed by atoms with E-state index in [-0.39, 0.29) is 5.56 Å². The monoisotopic (exact) mass is 208 g/mol. The van der Waals surface area contributed by atoms with Crippen LogP contribution >= 0.6 is 11.5 Å². The molecular weight excluding hydrogens is 200 g/mol. The number of aromatic nitrogens is 2. The van der Waals surface area contributed by atoms with Gasteiger partial charge < -0.3 is 5.11 Å². The first-order valence-corrected chi connectivity index (χ1v) is 4.83. The maximum absolute atomic E-state index is 11.0. The molecule has 0 radical (unpaired) electrons. The molecule has 4 nitrogen and oxygen atoms in total. The Labute approximate surface area is 84.4 Å². The van der Waals surface area contributed by atoms with Crippen LogP contribution in [0.1, 0.15) is 21.6 Å². The van der Waals surface area contributed by atoms with Gasteiger partial charge in [-0.15, -0.1) is 0 Å². The summed E-state index contributed by atoms with van der Waals surface area (Å²) < 4.78 is 3.99. The predicted molar refractivity (Wildman–Crippen MR) is 53.8 cm³/mol. The lowest BCUT2D eigenvalue weighted by Crippen LogP contribution is -2.04. The molecule has 72 valence electrons. The molecule has 0 aromatic carbocycles. The predicted octanol–water partition coefficient (Wildman–Crippen LogP) is 2.01. The quantitative estimate of drug-likeness (QED) is 0.778. The molecule has 2 aromatic rings. The second-order valence-corrected chi connectivity index (χ2v) is 3.83. The average Bonchev–Trinajstić information content (AvgIpc) is 2.50. The van der Waals surface area contributed by atoms with Crippen molar-refractivity contribution in [2.24, 2.45) is 0 Å². The summed E-state index contributed by atoms with van der Waals surface area (Å²) in [6.07, 6.45) is 1.66. The van der Waals surface area contributed by atoms with E-state index >= 15 is 0 Å². The summed E-state index contributed by atoms with van der Waals surface area (Å²) >= 11 is 1.28. The summed E-state index contributed by atoms with van der Waals surface area (Å²) in [5.74, 6) is -0.930. The Morgan fingerprint density at radius 3 is 2.86 bits per heavy atom. The third-order valence-electron chi connectivity index (χ3n) is 2.18. The normalized spacial score (nSPS) is 10.7. The Hall–Kier alpha value is -1.49. The highest BCUT2D eigenvalue weighted by atomic mass is 32.1. The number of carboxylic acids is 1. The van der Waals surface area contributed by atoms with Crippen LogP contribution in [0.25, 0.3) is 10.2 Å². The summed E-state index contributed by atoms with van der Waals surface area (Å²) in [5, 5.41) is 9.82. The van der Waals surface area contributed by atoms with Crippen LogP contribution < -0.4 is 0 Å². The van der Waals surface area contributed by atoms with Gasteiger partial charge in [0.15, 0.2) is 0 Å². The van der Waals surface area contributed by atoms with Crippen LogP contribution in [0.5, 0.6) is 0 Å². The van der Waals surface area contributed by atoms with Gasteiger partial charge >= 0.3 is 5.97 Å². The van der Waals surface area contributed by atoms with E-state index in [0.717, 1.165) is 15.8 Å². The zero-order chi connectivity index (χ0) is 10.3. The molecule has 5 heteroatoms. The number of carboxylic acid groups (broad SMARTS) is 1. The number of carbonyl (C=O) groups is 1. The number of hydrogen-bond acceptors (Lipinski definition) is 4. The van der Waals surface area contributed by atoms with Crippen molar-refractivity contribution in [2.75, 3.05) is 0 Å². The third kappa shape index (κ3) is 1.17. The number of aryl methyl sites for hydroxylation is 2. The van der Waals surface area contributed by atoms with Crippen LogP contribution in [-0.2, 0) is 0 Å². The molecule has 14 heavy (non-hydrogen) atoms. The highest BCUT2D eigenvalue weighted by Crippen LogP contribution is 2.24. The van der Waals surface area contributed by atoms with Crippen LogP contribution in [0.15, 0.2) is 6.20 Å². The van der Waals surface area contributed by atoms with Gasteiger partial charge in [0.1, 0.15) is 4.83 Å². The number of pyridine rings is 1. The van der Waals surface area contributed by atoms with Crippen molar-refractivity contribution in [1.29, 1.82) is 0 Å². The van der Waals surface area contributed by atoms with Crippen molar-refractivity contribution in [1.82, 2.24) is 9.36 Å². The van der Waals surface area contributed by atoms with Crippen molar-refractivity contribution in [2.45, 2.75) is 13.8 Å². The lowest BCUT2D eigenvalue weighted by molar-refractivity contribution is 0.0695. The molecule has 0 bridgehead atoms. The Balaban J connectivity index is 2.89. The van der Waals surface area contributed by atoms with Crippen molar-refractivity contribution >= 4 is 27.7 Å². The average molecular weight is 208 g/mol. The van der Waals surface area contributed by atoms with Crippen molar-refractivity contribution in [3.05, 3.63) is 23.0 Å². The zero-order valence-electron chi connectivity index (χ0n) is 7.74. The second kappa shape index (κ2) is 3.02. The molecule has 0 saturated heterocycles. The van der Waals surface area contributed by atoms with Gasteiger partial charge in [-0.2, -0.15) is 4.37 Å². The number of aromatic carboxylic acids is 1. The minimum Gasteiger partial charge on any atom is -0.478 e. The summed E-state index contributed by atoms with van der Waals surface area (Å²) in [5.41, 5.74) is 1.58. The lowest BCUT2D eigenvalue weighted by atomic mass is 10.1. The molecule has 1 N–H and O–H groups in total. The number of fused-ring (bicyclic) bond motifs is 1. The van der Waals surface area contributed by atoms with Crippen molar-refractivity contribution < 1.29 is 9.90 Å². The Morgan fingerprint density at radius 1 is 1.50 bits per heavy atom. The maximum Gasteiger partial charge on any atom is 0.337 e. The van der Waals surface area contributed by atoms with Gasteiger partial charge in [-0.1, -0.05) is 0 Å². The second-order valence-electron chi connectivity index (χ2n) is 3.05. The number of rotatable bonds is 1. The lowest BCUT2D eigenvalue weighted by Gasteiger charge is -2.04. The highest BCUT2D eigenvalue weighted by Gasteiger charge is 2.15. The number of hydrogen-bond donors (Lipinski definition) is 1. The van der Waals surface area contributed by atoms with E-state index in [9.17, 15) is 4.79 Å². The topological polar surface area (TPSA) is 63.1 Å². The van der Waals surface area contributed by atoms with Gasteiger partial charge in [0.05, 0.1) is 17.5 Å². The van der Waals surface area contributed by atoms with E-state index in [1.165, 1.54) is 11.5 Å². The van der Waals surface area contributed by atoms with Crippen molar-refractivity contribution in [3.8, 4) is 0 Å².